The van der Waals surface area contributed by atoms with E-state index < -0.39 is 0 Å². The van der Waals surface area contributed by atoms with Crippen LogP contribution in [-0.4, -0.2) is 27.3 Å². The summed E-state index contributed by atoms with van der Waals surface area (Å²) in [5.74, 6) is 0.572. The zero-order chi connectivity index (χ0) is 17.7. The van der Waals surface area contributed by atoms with Crippen molar-refractivity contribution < 1.29 is 9.53 Å². The summed E-state index contributed by atoms with van der Waals surface area (Å²) in [6.07, 6.45) is 2.09. The molecule has 5 rings (SSSR count). The topological polar surface area (TPSA) is 69.0 Å². The van der Waals surface area contributed by atoms with E-state index in [0.29, 0.717) is 11.4 Å². The van der Waals surface area contributed by atoms with Crippen molar-refractivity contribution in [1.82, 2.24) is 14.8 Å². The zero-order valence-corrected chi connectivity index (χ0v) is 14.5. The molecule has 0 aliphatic carbocycles. The van der Waals surface area contributed by atoms with E-state index in [1.165, 1.54) is 5.69 Å². The lowest BCUT2D eigenvalue weighted by molar-refractivity contribution is -0.118. The number of nitrogens with zero attached hydrogens (tertiary/aromatic N) is 3. The van der Waals surface area contributed by atoms with Crippen LogP contribution in [0.3, 0.4) is 0 Å². The second-order valence-electron chi connectivity index (χ2n) is 6.71. The number of fused-ring (bicyclic) bond motifs is 2. The van der Waals surface area contributed by atoms with E-state index in [4.69, 9.17) is 9.84 Å². The number of anilines is 1. The molecule has 26 heavy (non-hydrogen) atoms. The summed E-state index contributed by atoms with van der Waals surface area (Å²) in [6, 6.07) is 11.9. The van der Waals surface area contributed by atoms with E-state index in [9.17, 15) is 4.79 Å². The third kappa shape index (κ3) is 2.37. The summed E-state index contributed by atoms with van der Waals surface area (Å²) in [5, 5.41) is 7.73. The van der Waals surface area contributed by atoms with Crippen molar-refractivity contribution in [2.24, 2.45) is 0 Å². The highest BCUT2D eigenvalue weighted by molar-refractivity contribution is 5.97. The highest BCUT2D eigenvalue weighted by atomic mass is 16.5. The molecule has 3 aromatic rings. The maximum Gasteiger partial charge on any atom is 0.262 e. The summed E-state index contributed by atoms with van der Waals surface area (Å²) >= 11 is 0. The number of hydrogen-bond donors (Lipinski definition) is 1. The Kier molecular flexibility index (Phi) is 3.31. The summed E-state index contributed by atoms with van der Waals surface area (Å²) in [7, 11) is 0. The van der Waals surface area contributed by atoms with Gasteiger partial charge < -0.3 is 10.1 Å². The molecule has 130 valence electrons. The molecule has 0 saturated carbocycles. The molecule has 2 aliphatic heterocycles. The van der Waals surface area contributed by atoms with Gasteiger partial charge in [0.25, 0.3) is 5.91 Å². The Morgan fingerprint density at radius 2 is 2.15 bits per heavy atom. The van der Waals surface area contributed by atoms with Crippen molar-refractivity contribution in [1.29, 1.82) is 0 Å². The summed E-state index contributed by atoms with van der Waals surface area (Å²) in [4.78, 5) is 16.3. The van der Waals surface area contributed by atoms with Gasteiger partial charge in [0.2, 0.25) is 0 Å². The van der Waals surface area contributed by atoms with E-state index in [1.54, 1.807) is 0 Å². The van der Waals surface area contributed by atoms with Gasteiger partial charge in [-0.1, -0.05) is 12.1 Å². The van der Waals surface area contributed by atoms with Gasteiger partial charge in [0, 0.05) is 23.5 Å². The number of aryl methyl sites for hydroxylation is 2. The number of aromatic nitrogens is 3. The van der Waals surface area contributed by atoms with Crippen LogP contribution in [0, 0.1) is 6.92 Å². The van der Waals surface area contributed by atoms with Gasteiger partial charge in [-0.05, 0) is 49.6 Å². The second kappa shape index (κ2) is 5.69. The van der Waals surface area contributed by atoms with Gasteiger partial charge in [0.15, 0.2) is 6.61 Å². The molecule has 0 bridgehead atoms. The minimum atomic E-state index is -0.129. The summed E-state index contributed by atoms with van der Waals surface area (Å²) in [6.45, 7) is 2.98. The Labute approximate surface area is 150 Å². The van der Waals surface area contributed by atoms with Crippen molar-refractivity contribution in [3.8, 4) is 28.3 Å². The number of pyridine rings is 1. The van der Waals surface area contributed by atoms with Crippen LogP contribution in [0.5, 0.6) is 5.75 Å². The first-order chi connectivity index (χ1) is 12.7. The molecule has 0 fully saturated rings. The molecule has 1 N–H and O–H groups in total. The molecule has 4 heterocycles. The molecule has 0 unspecified atom stereocenters. The predicted octanol–water partition coefficient (Wildman–Crippen LogP) is 3.20. The van der Waals surface area contributed by atoms with Gasteiger partial charge in [-0.15, -0.1) is 0 Å². The van der Waals surface area contributed by atoms with E-state index >= 15 is 0 Å². The standard InChI is InChI=1S/C20H18N4O2/c1-12-4-2-5-14(21-12)20-19(16-6-3-9-24(16)23-20)13-7-8-17-15(10-13)22-18(25)11-26-17/h2,4-5,7-8,10H,3,6,9,11H2,1H3,(H,22,25). The van der Waals surface area contributed by atoms with Gasteiger partial charge in [-0.3, -0.25) is 14.5 Å². The highest BCUT2D eigenvalue weighted by Crippen LogP contribution is 2.40. The van der Waals surface area contributed by atoms with E-state index in [-0.39, 0.29) is 12.5 Å². The van der Waals surface area contributed by atoms with Gasteiger partial charge in [-0.2, -0.15) is 5.10 Å². The Morgan fingerprint density at radius 3 is 3.04 bits per heavy atom. The third-order valence-corrected chi connectivity index (χ3v) is 4.87. The van der Waals surface area contributed by atoms with Crippen LogP contribution in [0.25, 0.3) is 22.5 Å². The molecule has 1 amide bonds. The van der Waals surface area contributed by atoms with Crippen molar-refractivity contribution in [2.45, 2.75) is 26.3 Å². The van der Waals surface area contributed by atoms with Crippen LogP contribution in [0.15, 0.2) is 36.4 Å². The summed E-state index contributed by atoms with van der Waals surface area (Å²) in [5.41, 5.74) is 6.80. The van der Waals surface area contributed by atoms with E-state index in [0.717, 1.165) is 47.6 Å². The number of carbonyl (C=O) groups excluding carboxylic acids is 1. The Balaban J connectivity index is 1.69. The number of carbonyl (C=O) groups is 1. The van der Waals surface area contributed by atoms with Crippen LogP contribution in [0.4, 0.5) is 5.69 Å². The maximum absolute atomic E-state index is 11.7. The van der Waals surface area contributed by atoms with E-state index in [2.05, 4.69) is 15.0 Å². The number of amides is 1. The monoisotopic (exact) mass is 346 g/mol. The quantitative estimate of drug-likeness (QED) is 0.774. The van der Waals surface area contributed by atoms with Crippen LogP contribution < -0.4 is 10.1 Å². The summed E-state index contributed by atoms with van der Waals surface area (Å²) < 4.78 is 7.57. The molecule has 0 spiro atoms. The molecule has 0 atom stereocenters. The molecular formula is C20H18N4O2. The molecule has 6 nitrogen and oxygen atoms in total. The van der Waals surface area contributed by atoms with Crippen LogP contribution in [-0.2, 0) is 17.8 Å². The molecule has 0 radical (unpaired) electrons. The van der Waals surface area contributed by atoms with E-state index in [1.807, 2.05) is 43.3 Å². The average molecular weight is 346 g/mol. The number of hydrogen-bond acceptors (Lipinski definition) is 4. The van der Waals surface area contributed by atoms with Crippen molar-refractivity contribution in [2.75, 3.05) is 11.9 Å². The van der Waals surface area contributed by atoms with Gasteiger partial charge in [-0.25, -0.2) is 0 Å². The Bertz CT molecular complexity index is 1040. The molecule has 0 saturated heterocycles. The lowest BCUT2D eigenvalue weighted by Gasteiger charge is -2.18. The smallest absolute Gasteiger partial charge is 0.262 e. The number of rotatable bonds is 2. The van der Waals surface area contributed by atoms with Crippen molar-refractivity contribution in [3.05, 3.63) is 47.8 Å². The first kappa shape index (κ1) is 15.1. The molecule has 6 heteroatoms. The lowest BCUT2D eigenvalue weighted by Crippen LogP contribution is -2.25. The zero-order valence-electron chi connectivity index (χ0n) is 14.5. The number of nitrogens with one attached hydrogen (secondary N) is 1. The fraction of sp³-hybridized carbons (Fsp3) is 0.250. The predicted molar refractivity (Wildman–Crippen MR) is 98.1 cm³/mol. The first-order valence-corrected chi connectivity index (χ1v) is 8.80. The van der Waals surface area contributed by atoms with Gasteiger partial charge >= 0.3 is 0 Å². The second-order valence-corrected chi connectivity index (χ2v) is 6.71. The van der Waals surface area contributed by atoms with Crippen LogP contribution in [0.1, 0.15) is 17.8 Å². The molecule has 2 aliphatic rings. The Hall–Kier alpha value is -3.15. The lowest BCUT2D eigenvalue weighted by atomic mass is 9.98. The normalized spacial score (nSPS) is 15.2. The molecule has 2 aromatic heterocycles. The number of ether oxygens (including phenoxy) is 1. The van der Waals surface area contributed by atoms with Crippen LogP contribution in [0.2, 0.25) is 0 Å². The molecule has 1 aromatic carbocycles. The van der Waals surface area contributed by atoms with Crippen molar-refractivity contribution >= 4 is 11.6 Å². The largest absolute Gasteiger partial charge is 0.482 e. The van der Waals surface area contributed by atoms with Crippen LogP contribution >= 0.6 is 0 Å². The average Bonchev–Trinajstić information content (AvgIpc) is 3.22. The number of benzene rings is 1. The SMILES string of the molecule is Cc1cccc(-c2nn3c(c2-c2ccc4c(c2)NC(=O)CO4)CCC3)n1. The fourth-order valence-electron chi connectivity index (χ4n) is 3.73. The minimum absolute atomic E-state index is 0.0635. The third-order valence-electron chi connectivity index (χ3n) is 4.87. The maximum atomic E-state index is 11.7. The van der Waals surface area contributed by atoms with Gasteiger partial charge in [0.1, 0.15) is 11.4 Å². The highest BCUT2D eigenvalue weighted by Gasteiger charge is 2.26. The minimum Gasteiger partial charge on any atom is -0.482 e. The first-order valence-electron chi connectivity index (χ1n) is 8.80. The van der Waals surface area contributed by atoms with Crippen molar-refractivity contribution in [3.63, 3.8) is 0 Å². The fourth-order valence-corrected chi connectivity index (χ4v) is 3.73. The molecular weight excluding hydrogens is 328 g/mol. The Morgan fingerprint density at radius 1 is 1.23 bits per heavy atom. The van der Waals surface area contributed by atoms with Gasteiger partial charge in [0.05, 0.1) is 11.4 Å².